The monoisotopic (exact) mass is 228 g/mol. The minimum absolute atomic E-state index is 0.0513. The van der Waals surface area contributed by atoms with Crippen LogP contribution in [0.4, 0.5) is 13.2 Å². The molecule has 0 radical (unpaired) electrons. The van der Waals surface area contributed by atoms with E-state index < -0.39 is 30.6 Å². The van der Waals surface area contributed by atoms with Crippen LogP contribution in [0.3, 0.4) is 0 Å². The maximum Gasteiger partial charge on any atom is 0.422 e. The number of carbonyl (C=O) groups is 2. The third kappa shape index (κ3) is 5.92. The Bertz CT molecular complexity index is 237. The summed E-state index contributed by atoms with van der Waals surface area (Å²) >= 11 is 0. The second kappa shape index (κ2) is 5.57. The first kappa shape index (κ1) is 13.7. The number of halogens is 3. The second-order valence-corrected chi connectivity index (χ2v) is 2.70. The lowest BCUT2D eigenvalue weighted by atomic mass is 10.2. The summed E-state index contributed by atoms with van der Waals surface area (Å²) in [5.74, 6) is -3.48. The first-order valence-electron chi connectivity index (χ1n) is 4.18. The van der Waals surface area contributed by atoms with Crippen LogP contribution in [-0.4, -0.2) is 31.3 Å². The standard InChI is InChI=1S/C8H11F3O4/c1-3-14-6(12)5(2)7(13)15-4-8(9,10)11/h5H,3-4H2,1-2H3. The summed E-state index contributed by atoms with van der Waals surface area (Å²) in [7, 11) is 0. The summed E-state index contributed by atoms with van der Waals surface area (Å²) in [5.41, 5.74) is 0. The predicted octanol–water partition coefficient (Wildman–Crippen LogP) is 1.29. The number of hydrogen-bond donors (Lipinski definition) is 0. The van der Waals surface area contributed by atoms with Gasteiger partial charge in [-0.25, -0.2) is 0 Å². The van der Waals surface area contributed by atoms with Crippen molar-refractivity contribution in [2.45, 2.75) is 20.0 Å². The molecule has 4 nitrogen and oxygen atoms in total. The van der Waals surface area contributed by atoms with Gasteiger partial charge in [0.25, 0.3) is 0 Å². The van der Waals surface area contributed by atoms with Crippen LogP contribution in [-0.2, 0) is 19.1 Å². The molecule has 0 heterocycles. The number of ether oxygens (including phenoxy) is 2. The maximum absolute atomic E-state index is 11.6. The lowest BCUT2D eigenvalue weighted by Gasteiger charge is -2.11. The molecule has 88 valence electrons. The smallest absolute Gasteiger partial charge is 0.422 e. The third-order valence-electron chi connectivity index (χ3n) is 1.37. The molecular weight excluding hydrogens is 217 g/mol. The van der Waals surface area contributed by atoms with Gasteiger partial charge in [-0.3, -0.25) is 9.59 Å². The summed E-state index contributed by atoms with van der Waals surface area (Å²) in [6, 6.07) is 0. The zero-order valence-corrected chi connectivity index (χ0v) is 8.26. The molecule has 0 fully saturated rings. The van der Waals surface area contributed by atoms with E-state index in [-0.39, 0.29) is 6.61 Å². The average molecular weight is 228 g/mol. The number of rotatable bonds is 4. The normalized spacial score (nSPS) is 13.1. The summed E-state index contributed by atoms with van der Waals surface area (Å²) in [5, 5.41) is 0. The zero-order valence-electron chi connectivity index (χ0n) is 8.26. The molecule has 0 aliphatic carbocycles. The Labute approximate surface area is 84.3 Å². The van der Waals surface area contributed by atoms with Gasteiger partial charge < -0.3 is 9.47 Å². The van der Waals surface area contributed by atoms with Crippen molar-refractivity contribution in [2.75, 3.05) is 13.2 Å². The summed E-state index contributed by atoms with van der Waals surface area (Å²) < 4.78 is 43.2. The molecule has 0 N–H and O–H groups in total. The predicted molar refractivity (Wildman–Crippen MR) is 42.8 cm³/mol. The fourth-order valence-electron chi connectivity index (χ4n) is 0.641. The van der Waals surface area contributed by atoms with Crippen molar-refractivity contribution in [3.63, 3.8) is 0 Å². The Kier molecular flexibility index (Phi) is 5.10. The molecule has 0 bridgehead atoms. The van der Waals surface area contributed by atoms with Crippen molar-refractivity contribution < 1.29 is 32.2 Å². The highest BCUT2D eigenvalue weighted by Gasteiger charge is 2.32. The molecule has 0 aromatic heterocycles. The van der Waals surface area contributed by atoms with E-state index in [1.807, 2.05) is 0 Å². The molecule has 15 heavy (non-hydrogen) atoms. The van der Waals surface area contributed by atoms with Gasteiger partial charge in [0.05, 0.1) is 6.61 Å². The third-order valence-corrected chi connectivity index (χ3v) is 1.37. The van der Waals surface area contributed by atoms with Crippen molar-refractivity contribution >= 4 is 11.9 Å². The Morgan fingerprint density at radius 2 is 1.67 bits per heavy atom. The van der Waals surface area contributed by atoms with Crippen molar-refractivity contribution in [1.82, 2.24) is 0 Å². The molecule has 0 aromatic carbocycles. The molecule has 1 atom stereocenters. The summed E-state index contributed by atoms with van der Waals surface area (Å²) in [4.78, 5) is 21.8. The number of carbonyl (C=O) groups excluding carboxylic acids is 2. The van der Waals surface area contributed by atoms with Crippen LogP contribution in [0.25, 0.3) is 0 Å². The van der Waals surface area contributed by atoms with Gasteiger partial charge >= 0.3 is 18.1 Å². The van der Waals surface area contributed by atoms with Crippen LogP contribution in [0.1, 0.15) is 13.8 Å². The van der Waals surface area contributed by atoms with Gasteiger partial charge in [-0.05, 0) is 13.8 Å². The van der Waals surface area contributed by atoms with Crippen LogP contribution in [0, 0.1) is 5.92 Å². The van der Waals surface area contributed by atoms with E-state index in [1.165, 1.54) is 6.92 Å². The lowest BCUT2D eigenvalue weighted by Crippen LogP contribution is -2.29. The topological polar surface area (TPSA) is 52.6 Å². The van der Waals surface area contributed by atoms with E-state index in [4.69, 9.17) is 0 Å². The minimum atomic E-state index is -4.59. The Morgan fingerprint density at radius 3 is 2.07 bits per heavy atom. The molecule has 0 amide bonds. The highest BCUT2D eigenvalue weighted by molar-refractivity contribution is 5.94. The van der Waals surface area contributed by atoms with Crippen LogP contribution in [0.2, 0.25) is 0 Å². The van der Waals surface area contributed by atoms with Gasteiger partial charge in [-0.15, -0.1) is 0 Å². The first-order valence-corrected chi connectivity index (χ1v) is 4.18. The molecule has 0 saturated heterocycles. The second-order valence-electron chi connectivity index (χ2n) is 2.70. The Morgan fingerprint density at radius 1 is 1.20 bits per heavy atom. The van der Waals surface area contributed by atoms with Gasteiger partial charge in [0, 0.05) is 0 Å². The van der Waals surface area contributed by atoms with Crippen LogP contribution >= 0.6 is 0 Å². The quantitative estimate of drug-likeness (QED) is 0.537. The van der Waals surface area contributed by atoms with Crippen molar-refractivity contribution in [3.05, 3.63) is 0 Å². The molecule has 0 spiro atoms. The molecule has 0 aliphatic rings. The highest BCUT2D eigenvalue weighted by Crippen LogP contribution is 2.15. The van der Waals surface area contributed by atoms with Crippen LogP contribution in [0.15, 0.2) is 0 Å². The number of alkyl halides is 3. The first-order chi connectivity index (χ1) is 6.78. The molecule has 1 unspecified atom stereocenters. The van der Waals surface area contributed by atoms with Gasteiger partial charge in [0.1, 0.15) is 0 Å². The Balaban J connectivity index is 4.05. The molecule has 0 aromatic rings. The lowest BCUT2D eigenvalue weighted by molar-refractivity contribution is -0.191. The van der Waals surface area contributed by atoms with Crippen molar-refractivity contribution in [3.8, 4) is 0 Å². The zero-order chi connectivity index (χ0) is 12.1. The minimum Gasteiger partial charge on any atom is -0.465 e. The van der Waals surface area contributed by atoms with E-state index in [0.717, 1.165) is 6.92 Å². The van der Waals surface area contributed by atoms with Gasteiger partial charge in [-0.2, -0.15) is 13.2 Å². The summed E-state index contributed by atoms with van der Waals surface area (Å²) in [6.45, 7) is 0.994. The summed E-state index contributed by atoms with van der Waals surface area (Å²) in [6.07, 6.45) is -4.59. The van der Waals surface area contributed by atoms with E-state index >= 15 is 0 Å². The van der Waals surface area contributed by atoms with Crippen LogP contribution in [0.5, 0.6) is 0 Å². The van der Waals surface area contributed by atoms with E-state index in [2.05, 4.69) is 9.47 Å². The molecule has 0 saturated carbocycles. The number of esters is 2. The Hall–Kier alpha value is -1.27. The molecule has 0 rings (SSSR count). The molecule has 7 heteroatoms. The fraction of sp³-hybridized carbons (Fsp3) is 0.750. The fourth-order valence-corrected chi connectivity index (χ4v) is 0.641. The van der Waals surface area contributed by atoms with Gasteiger partial charge in [-0.1, -0.05) is 0 Å². The largest absolute Gasteiger partial charge is 0.465 e. The average Bonchev–Trinajstić information content (AvgIpc) is 2.12. The highest BCUT2D eigenvalue weighted by atomic mass is 19.4. The van der Waals surface area contributed by atoms with E-state index in [0.29, 0.717) is 0 Å². The molecular formula is C8H11F3O4. The number of hydrogen-bond acceptors (Lipinski definition) is 4. The SMILES string of the molecule is CCOC(=O)C(C)C(=O)OCC(F)(F)F. The molecule has 0 aliphatic heterocycles. The van der Waals surface area contributed by atoms with E-state index in [9.17, 15) is 22.8 Å². The van der Waals surface area contributed by atoms with Crippen molar-refractivity contribution in [1.29, 1.82) is 0 Å². The van der Waals surface area contributed by atoms with Crippen molar-refractivity contribution in [2.24, 2.45) is 5.92 Å². The van der Waals surface area contributed by atoms with Gasteiger partial charge in [0.2, 0.25) is 0 Å². The van der Waals surface area contributed by atoms with Gasteiger partial charge in [0.15, 0.2) is 12.5 Å². The van der Waals surface area contributed by atoms with Crippen LogP contribution < -0.4 is 0 Å². The maximum atomic E-state index is 11.6. The van der Waals surface area contributed by atoms with E-state index in [1.54, 1.807) is 0 Å².